The minimum atomic E-state index is -4.93. The largest absolute Gasteiger partial charge is 0.573 e. The molecule has 0 aromatic heterocycles. The molecule has 1 aliphatic heterocycles. The van der Waals surface area contributed by atoms with Gasteiger partial charge in [-0.3, -0.25) is 14.3 Å². The number of halogens is 3. The van der Waals surface area contributed by atoms with Gasteiger partial charge in [0.2, 0.25) is 11.8 Å². The third-order valence-corrected chi connectivity index (χ3v) is 6.17. The number of alkyl halides is 3. The number of nitrogens with one attached hydrogen (secondary N) is 2. The molecule has 33 heavy (non-hydrogen) atoms. The van der Waals surface area contributed by atoms with Crippen LogP contribution in [0.25, 0.3) is 0 Å². The molecule has 2 aromatic carbocycles. The molecule has 0 radical (unpaired) electrons. The van der Waals surface area contributed by atoms with Crippen LogP contribution in [-0.4, -0.2) is 52.2 Å². The summed E-state index contributed by atoms with van der Waals surface area (Å²) >= 11 is 0. The predicted molar refractivity (Wildman–Crippen MR) is 111 cm³/mol. The Labute approximate surface area is 187 Å². The number of amides is 2. The van der Waals surface area contributed by atoms with Gasteiger partial charge in [0.05, 0.1) is 18.7 Å². The van der Waals surface area contributed by atoms with Crippen LogP contribution in [0, 0.1) is 5.92 Å². The first kappa shape index (κ1) is 24.2. The highest BCUT2D eigenvalue weighted by Gasteiger charge is 2.33. The maximum absolute atomic E-state index is 12.8. The van der Waals surface area contributed by atoms with Gasteiger partial charge in [0.25, 0.3) is 10.0 Å². The van der Waals surface area contributed by atoms with E-state index in [0.29, 0.717) is 0 Å². The first-order chi connectivity index (χ1) is 15.4. The summed E-state index contributed by atoms with van der Waals surface area (Å²) < 4.78 is 73.9. The molecule has 1 fully saturated rings. The number of anilines is 2. The van der Waals surface area contributed by atoms with Gasteiger partial charge in [-0.25, -0.2) is 8.42 Å². The molecule has 2 aromatic rings. The number of carbonyl (C=O) groups excluding carboxylic acids is 2. The minimum absolute atomic E-state index is 0.0764. The highest BCUT2D eigenvalue weighted by atomic mass is 32.2. The van der Waals surface area contributed by atoms with Crippen molar-refractivity contribution in [3.05, 3.63) is 42.5 Å². The van der Waals surface area contributed by atoms with Crippen molar-refractivity contribution in [1.82, 2.24) is 4.90 Å². The molecule has 0 aliphatic carbocycles. The van der Waals surface area contributed by atoms with Crippen LogP contribution >= 0.6 is 0 Å². The maximum Gasteiger partial charge on any atom is 0.573 e. The Morgan fingerprint density at radius 3 is 2.48 bits per heavy atom. The summed E-state index contributed by atoms with van der Waals surface area (Å²) in [5, 5.41) is 2.62. The second-order valence-corrected chi connectivity index (χ2v) is 8.86. The zero-order valence-electron chi connectivity index (χ0n) is 17.5. The number of hydrogen-bond acceptors (Lipinski definition) is 6. The summed E-state index contributed by atoms with van der Waals surface area (Å²) in [6, 6.07) is 8.15. The number of rotatable bonds is 7. The fourth-order valence-electron chi connectivity index (χ4n) is 3.22. The van der Waals surface area contributed by atoms with Gasteiger partial charge < -0.3 is 19.7 Å². The zero-order chi connectivity index (χ0) is 24.4. The number of nitrogens with zero attached hydrogens (tertiary/aromatic N) is 1. The van der Waals surface area contributed by atoms with E-state index in [9.17, 15) is 31.2 Å². The van der Waals surface area contributed by atoms with Crippen LogP contribution in [0.3, 0.4) is 0 Å². The summed E-state index contributed by atoms with van der Waals surface area (Å²) in [6.45, 7) is 0.273. The van der Waals surface area contributed by atoms with E-state index in [0.717, 1.165) is 12.1 Å². The van der Waals surface area contributed by atoms with Gasteiger partial charge in [-0.2, -0.15) is 0 Å². The SMILES string of the molecule is COc1cc(NC(=O)C2CC(=O)N(C)C2)ccc1S(=O)(=O)Nc1cccc(OC(F)(F)F)c1. The summed E-state index contributed by atoms with van der Waals surface area (Å²) in [7, 11) is -1.45. The third kappa shape index (κ3) is 6.06. The molecule has 2 amide bonds. The Bertz CT molecular complexity index is 1170. The van der Waals surface area contributed by atoms with Crippen molar-refractivity contribution in [2.75, 3.05) is 30.7 Å². The lowest BCUT2D eigenvalue weighted by Gasteiger charge is -2.15. The van der Waals surface area contributed by atoms with Crippen molar-refractivity contribution >= 4 is 33.2 Å². The van der Waals surface area contributed by atoms with Gasteiger partial charge in [-0.15, -0.1) is 13.2 Å². The molecular formula is C20H20F3N3O6S. The van der Waals surface area contributed by atoms with Crippen LogP contribution in [0.1, 0.15) is 6.42 Å². The molecule has 1 aliphatic rings. The minimum Gasteiger partial charge on any atom is -0.495 e. The molecule has 1 unspecified atom stereocenters. The summed E-state index contributed by atoms with van der Waals surface area (Å²) in [4.78, 5) is 25.2. The fraction of sp³-hybridized carbons (Fsp3) is 0.300. The van der Waals surface area contributed by atoms with Crippen LogP contribution < -0.4 is 19.5 Å². The van der Waals surface area contributed by atoms with Crippen molar-refractivity contribution in [1.29, 1.82) is 0 Å². The monoisotopic (exact) mass is 487 g/mol. The predicted octanol–water partition coefficient (Wildman–Crippen LogP) is 2.81. The highest BCUT2D eigenvalue weighted by Crippen LogP contribution is 2.31. The second-order valence-electron chi connectivity index (χ2n) is 7.21. The molecule has 2 N–H and O–H groups in total. The average molecular weight is 487 g/mol. The molecule has 178 valence electrons. The van der Waals surface area contributed by atoms with Crippen molar-refractivity contribution in [3.63, 3.8) is 0 Å². The lowest BCUT2D eigenvalue weighted by molar-refractivity contribution is -0.274. The first-order valence-corrected chi connectivity index (χ1v) is 11.0. The van der Waals surface area contributed by atoms with Gasteiger partial charge in [0.15, 0.2) is 0 Å². The standard InChI is InChI=1S/C20H20F3N3O6S/c1-26-11-12(8-18(26)27)19(28)24-13-6-7-17(16(10-13)31-2)33(29,30)25-14-4-3-5-15(9-14)32-20(21,22)23/h3-7,9-10,12,25H,8,11H2,1-2H3,(H,24,28). The molecule has 3 rings (SSSR count). The molecule has 9 nitrogen and oxygen atoms in total. The van der Waals surface area contributed by atoms with Crippen LogP contribution in [0.2, 0.25) is 0 Å². The van der Waals surface area contributed by atoms with E-state index >= 15 is 0 Å². The van der Waals surface area contributed by atoms with Crippen LogP contribution in [0.15, 0.2) is 47.4 Å². The number of methoxy groups -OCH3 is 1. The number of ether oxygens (including phenoxy) is 2. The summed E-state index contributed by atoms with van der Waals surface area (Å²) in [6.07, 6.45) is -4.85. The fourth-order valence-corrected chi connectivity index (χ4v) is 4.42. The van der Waals surface area contributed by atoms with Crippen molar-refractivity contribution in [2.24, 2.45) is 5.92 Å². The van der Waals surface area contributed by atoms with E-state index < -0.39 is 34.0 Å². The molecule has 0 saturated carbocycles. The third-order valence-electron chi connectivity index (χ3n) is 4.75. The second kappa shape index (κ2) is 9.17. The van der Waals surface area contributed by atoms with Crippen LogP contribution in [0.4, 0.5) is 24.5 Å². The molecule has 13 heteroatoms. The molecule has 0 bridgehead atoms. The van der Waals surface area contributed by atoms with Crippen LogP contribution in [0.5, 0.6) is 11.5 Å². The Hall–Kier alpha value is -3.48. The molecule has 1 saturated heterocycles. The van der Waals surface area contributed by atoms with E-state index in [1.165, 1.54) is 42.3 Å². The Kier molecular flexibility index (Phi) is 6.72. The molecule has 0 spiro atoms. The maximum atomic E-state index is 12.8. The van der Waals surface area contributed by atoms with Crippen LogP contribution in [-0.2, 0) is 19.6 Å². The summed E-state index contributed by atoms with van der Waals surface area (Å²) in [5.41, 5.74) is 0.0876. The number of carbonyl (C=O) groups is 2. The number of likely N-dealkylation sites (tertiary alicyclic amines) is 1. The van der Waals surface area contributed by atoms with E-state index in [2.05, 4.69) is 14.8 Å². The van der Waals surface area contributed by atoms with E-state index in [1.54, 1.807) is 7.05 Å². The topological polar surface area (TPSA) is 114 Å². The average Bonchev–Trinajstić information content (AvgIpc) is 3.05. The van der Waals surface area contributed by atoms with Gasteiger partial charge >= 0.3 is 6.36 Å². The lowest BCUT2D eigenvalue weighted by Crippen LogP contribution is -2.25. The normalized spacial score (nSPS) is 16.5. The Morgan fingerprint density at radius 2 is 1.88 bits per heavy atom. The van der Waals surface area contributed by atoms with Crippen molar-refractivity contribution in [3.8, 4) is 11.5 Å². The zero-order valence-corrected chi connectivity index (χ0v) is 18.3. The van der Waals surface area contributed by atoms with E-state index in [4.69, 9.17) is 4.74 Å². The van der Waals surface area contributed by atoms with Gasteiger partial charge in [0.1, 0.15) is 16.4 Å². The highest BCUT2D eigenvalue weighted by molar-refractivity contribution is 7.92. The number of benzene rings is 2. The van der Waals surface area contributed by atoms with Gasteiger partial charge in [0, 0.05) is 37.8 Å². The summed E-state index contributed by atoms with van der Waals surface area (Å²) in [5.74, 6) is -1.79. The Balaban J connectivity index is 1.78. The first-order valence-electron chi connectivity index (χ1n) is 9.49. The Morgan fingerprint density at radius 1 is 1.15 bits per heavy atom. The quantitative estimate of drug-likeness (QED) is 0.621. The van der Waals surface area contributed by atoms with Gasteiger partial charge in [-0.1, -0.05) is 6.07 Å². The molecule has 1 atom stereocenters. The molecular weight excluding hydrogens is 467 g/mol. The lowest BCUT2D eigenvalue weighted by atomic mass is 10.1. The van der Waals surface area contributed by atoms with Gasteiger partial charge in [-0.05, 0) is 24.3 Å². The van der Waals surface area contributed by atoms with Crippen molar-refractivity contribution < 1.29 is 40.7 Å². The molecule has 1 heterocycles. The number of hydrogen-bond donors (Lipinski definition) is 2. The van der Waals surface area contributed by atoms with Crippen molar-refractivity contribution in [2.45, 2.75) is 17.7 Å². The smallest absolute Gasteiger partial charge is 0.495 e. The number of sulfonamides is 1. The van der Waals surface area contributed by atoms with E-state index in [-0.39, 0.29) is 40.9 Å². The van der Waals surface area contributed by atoms with E-state index in [1.807, 2.05) is 0 Å².